The van der Waals surface area contributed by atoms with Crippen LogP contribution >= 0.6 is 0 Å². The van der Waals surface area contributed by atoms with E-state index in [0.717, 1.165) is 11.7 Å². The summed E-state index contributed by atoms with van der Waals surface area (Å²) in [5, 5.41) is 0. The predicted octanol–water partition coefficient (Wildman–Crippen LogP) is 2.35. The Morgan fingerprint density at radius 2 is 1.93 bits per heavy atom. The van der Waals surface area contributed by atoms with Crippen molar-refractivity contribution in [1.82, 2.24) is 0 Å². The molecule has 0 saturated heterocycles. The van der Waals surface area contributed by atoms with Crippen molar-refractivity contribution in [2.45, 2.75) is 19.4 Å². The summed E-state index contributed by atoms with van der Waals surface area (Å²) in [7, 11) is 1.68. The maximum Gasteiger partial charge on any atom is 0.118 e. The van der Waals surface area contributed by atoms with Crippen LogP contribution in [0, 0.1) is 11.8 Å². The van der Waals surface area contributed by atoms with Gasteiger partial charge in [-0.3, -0.25) is 0 Å². The van der Waals surface area contributed by atoms with E-state index in [2.05, 4.69) is 19.1 Å². The van der Waals surface area contributed by atoms with Crippen LogP contribution in [0.1, 0.15) is 24.9 Å². The molecule has 0 aromatic heterocycles. The van der Waals surface area contributed by atoms with Crippen LogP contribution in [-0.4, -0.2) is 7.11 Å². The van der Waals surface area contributed by atoms with E-state index in [1.54, 1.807) is 7.11 Å². The highest BCUT2D eigenvalue weighted by atomic mass is 16.5. The van der Waals surface area contributed by atoms with Crippen LogP contribution in [0.4, 0.5) is 0 Å². The molecule has 3 unspecified atom stereocenters. The predicted molar refractivity (Wildman–Crippen MR) is 57.2 cm³/mol. The van der Waals surface area contributed by atoms with Crippen molar-refractivity contribution in [3.8, 4) is 5.75 Å². The first-order valence-corrected chi connectivity index (χ1v) is 5.12. The van der Waals surface area contributed by atoms with Crippen molar-refractivity contribution in [2.75, 3.05) is 7.11 Å². The van der Waals surface area contributed by atoms with E-state index in [9.17, 15) is 0 Å². The van der Waals surface area contributed by atoms with Crippen molar-refractivity contribution < 1.29 is 4.74 Å². The minimum Gasteiger partial charge on any atom is -0.497 e. The molecule has 1 aliphatic rings. The van der Waals surface area contributed by atoms with E-state index in [1.165, 1.54) is 12.0 Å². The Bertz CT molecular complexity index is 307. The van der Waals surface area contributed by atoms with Gasteiger partial charge in [-0.2, -0.15) is 0 Å². The number of methoxy groups -OCH3 is 1. The fourth-order valence-electron chi connectivity index (χ4n) is 1.92. The Labute approximate surface area is 85.1 Å². The number of ether oxygens (including phenoxy) is 1. The van der Waals surface area contributed by atoms with E-state index in [1.807, 2.05) is 12.1 Å². The quantitative estimate of drug-likeness (QED) is 0.796. The zero-order valence-corrected chi connectivity index (χ0v) is 8.73. The zero-order valence-electron chi connectivity index (χ0n) is 8.73. The monoisotopic (exact) mass is 191 g/mol. The average molecular weight is 191 g/mol. The Morgan fingerprint density at radius 1 is 1.36 bits per heavy atom. The lowest BCUT2D eigenvalue weighted by molar-refractivity contribution is 0.414. The number of nitrogens with two attached hydrogens (primary N) is 1. The number of rotatable bonds is 3. The van der Waals surface area contributed by atoms with E-state index in [-0.39, 0.29) is 6.04 Å². The van der Waals surface area contributed by atoms with Crippen molar-refractivity contribution in [3.05, 3.63) is 29.8 Å². The van der Waals surface area contributed by atoms with Crippen molar-refractivity contribution in [3.63, 3.8) is 0 Å². The molecular weight excluding hydrogens is 174 g/mol. The van der Waals surface area contributed by atoms with Crippen LogP contribution in [0.3, 0.4) is 0 Å². The minimum absolute atomic E-state index is 0.205. The van der Waals surface area contributed by atoms with Crippen molar-refractivity contribution in [2.24, 2.45) is 17.6 Å². The molecule has 0 heterocycles. The van der Waals surface area contributed by atoms with Crippen LogP contribution in [0.15, 0.2) is 24.3 Å². The SMILES string of the molecule is COc1ccc(C(N)C2CC2C)cc1. The van der Waals surface area contributed by atoms with Gasteiger partial charge >= 0.3 is 0 Å². The van der Waals surface area contributed by atoms with Gasteiger partial charge < -0.3 is 10.5 Å². The standard InChI is InChI=1S/C12H17NO/c1-8-7-11(8)12(13)9-3-5-10(14-2)6-4-9/h3-6,8,11-12H,7,13H2,1-2H3. The fraction of sp³-hybridized carbons (Fsp3) is 0.500. The molecular formula is C12H17NO. The summed E-state index contributed by atoms with van der Waals surface area (Å²) in [4.78, 5) is 0. The van der Waals surface area contributed by atoms with E-state index >= 15 is 0 Å². The van der Waals surface area contributed by atoms with Crippen molar-refractivity contribution >= 4 is 0 Å². The second-order valence-corrected chi connectivity index (χ2v) is 4.18. The van der Waals surface area contributed by atoms with Gasteiger partial charge in [-0.15, -0.1) is 0 Å². The van der Waals surface area contributed by atoms with Crippen LogP contribution in [-0.2, 0) is 0 Å². The first-order chi connectivity index (χ1) is 6.72. The molecule has 0 aliphatic heterocycles. The first kappa shape index (κ1) is 9.53. The smallest absolute Gasteiger partial charge is 0.118 e. The molecule has 2 heteroatoms. The molecule has 0 spiro atoms. The van der Waals surface area contributed by atoms with E-state index in [4.69, 9.17) is 10.5 Å². The van der Waals surface area contributed by atoms with Crippen LogP contribution in [0.25, 0.3) is 0 Å². The number of hydrogen-bond acceptors (Lipinski definition) is 2. The van der Waals surface area contributed by atoms with Gasteiger partial charge in [0.2, 0.25) is 0 Å². The molecule has 2 rings (SSSR count). The lowest BCUT2D eigenvalue weighted by Gasteiger charge is -2.11. The Balaban J connectivity index is 2.08. The summed E-state index contributed by atoms with van der Waals surface area (Å²) in [5.74, 6) is 2.38. The number of hydrogen-bond donors (Lipinski definition) is 1. The third kappa shape index (κ3) is 1.75. The van der Waals surface area contributed by atoms with Gasteiger partial charge in [-0.1, -0.05) is 19.1 Å². The van der Waals surface area contributed by atoms with Crippen LogP contribution < -0.4 is 10.5 Å². The molecule has 0 amide bonds. The van der Waals surface area contributed by atoms with Gasteiger partial charge in [0.05, 0.1) is 7.11 Å². The fourth-order valence-corrected chi connectivity index (χ4v) is 1.92. The molecule has 14 heavy (non-hydrogen) atoms. The normalized spacial score (nSPS) is 27.1. The third-order valence-corrected chi connectivity index (χ3v) is 3.13. The second kappa shape index (κ2) is 3.62. The zero-order chi connectivity index (χ0) is 10.1. The van der Waals surface area contributed by atoms with Gasteiger partial charge in [0.15, 0.2) is 0 Å². The third-order valence-electron chi connectivity index (χ3n) is 3.13. The minimum atomic E-state index is 0.205. The highest BCUT2D eigenvalue weighted by molar-refractivity contribution is 5.30. The van der Waals surface area contributed by atoms with Gasteiger partial charge in [0.25, 0.3) is 0 Å². The van der Waals surface area contributed by atoms with Crippen molar-refractivity contribution in [1.29, 1.82) is 0 Å². The molecule has 1 saturated carbocycles. The second-order valence-electron chi connectivity index (χ2n) is 4.18. The molecule has 3 atom stereocenters. The van der Waals surface area contributed by atoms with Gasteiger partial charge in [-0.05, 0) is 36.0 Å². The lowest BCUT2D eigenvalue weighted by atomic mass is 10.0. The summed E-state index contributed by atoms with van der Waals surface area (Å²) < 4.78 is 5.11. The molecule has 2 nitrogen and oxygen atoms in total. The summed E-state index contributed by atoms with van der Waals surface area (Å²) in [5.41, 5.74) is 7.36. The van der Waals surface area contributed by atoms with Gasteiger partial charge in [-0.25, -0.2) is 0 Å². The topological polar surface area (TPSA) is 35.2 Å². The maximum absolute atomic E-state index is 6.14. The summed E-state index contributed by atoms with van der Waals surface area (Å²) in [6.07, 6.45) is 1.27. The first-order valence-electron chi connectivity index (χ1n) is 5.12. The molecule has 1 fully saturated rings. The van der Waals surface area contributed by atoms with Crippen LogP contribution in [0.5, 0.6) is 5.75 Å². The molecule has 1 aromatic carbocycles. The molecule has 0 radical (unpaired) electrons. The lowest BCUT2D eigenvalue weighted by Crippen LogP contribution is -2.13. The molecule has 1 aliphatic carbocycles. The Kier molecular flexibility index (Phi) is 2.46. The highest BCUT2D eigenvalue weighted by Gasteiger charge is 2.38. The Hall–Kier alpha value is -1.02. The maximum atomic E-state index is 6.14. The average Bonchev–Trinajstić information content (AvgIpc) is 2.95. The van der Waals surface area contributed by atoms with E-state index < -0.39 is 0 Å². The highest BCUT2D eigenvalue weighted by Crippen LogP contribution is 2.45. The van der Waals surface area contributed by atoms with Gasteiger partial charge in [0.1, 0.15) is 5.75 Å². The molecule has 1 aromatic rings. The summed E-state index contributed by atoms with van der Waals surface area (Å²) >= 11 is 0. The summed E-state index contributed by atoms with van der Waals surface area (Å²) in [6.45, 7) is 2.26. The largest absolute Gasteiger partial charge is 0.497 e. The number of benzene rings is 1. The molecule has 76 valence electrons. The van der Waals surface area contributed by atoms with Crippen LogP contribution in [0.2, 0.25) is 0 Å². The van der Waals surface area contributed by atoms with Gasteiger partial charge in [0, 0.05) is 6.04 Å². The molecule has 0 bridgehead atoms. The summed E-state index contributed by atoms with van der Waals surface area (Å²) in [6, 6.07) is 8.28. The molecule has 2 N–H and O–H groups in total. The Morgan fingerprint density at radius 3 is 2.36 bits per heavy atom. The van der Waals surface area contributed by atoms with E-state index in [0.29, 0.717) is 5.92 Å².